The van der Waals surface area contributed by atoms with Gasteiger partial charge in [-0.15, -0.1) is 0 Å². The maximum Gasteiger partial charge on any atom is 0.327 e. The summed E-state index contributed by atoms with van der Waals surface area (Å²) >= 11 is 0. The van der Waals surface area contributed by atoms with E-state index in [0.717, 1.165) is 19.3 Å². The van der Waals surface area contributed by atoms with E-state index in [9.17, 15) is 14.9 Å². The molecule has 0 spiro atoms. The van der Waals surface area contributed by atoms with E-state index in [4.69, 9.17) is 9.47 Å². The number of hydrogen-bond donors (Lipinski definition) is 0. The molecule has 2 bridgehead atoms. The highest BCUT2D eigenvalue weighted by Crippen LogP contribution is 2.62. The van der Waals surface area contributed by atoms with E-state index in [-0.39, 0.29) is 29.8 Å². The number of nitriles is 1. The number of ether oxygens (including phenoxy) is 2. The molecule has 1 aliphatic heterocycles. The summed E-state index contributed by atoms with van der Waals surface area (Å²) in [5.74, 6) is -0.706. The van der Waals surface area contributed by atoms with Crippen LogP contribution in [0, 0.1) is 34.5 Å². The summed E-state index contributed by atoms with van der Waals surface area (Å²) in [5, 5.41) is 9.31. The Hall–Kier alpha value is -1.57. The van der Waals surface area contributed by atoms with Crippen LogP contribution in [-0.2, 0) is 19.1 Å². The van der Waals surface area contributed by atoms with Crippen LogP contribution >= 0.6 is 0 Å². The molecule has 0 N–H and O–H groups in total. The van der Waals surface area contributed by atoms with Gasteiger partial charge in [-0.25, -0.2) is 0 Å². The van der Waals surface area contributed by atoms with Crippen molar-refractivity contribution in [2.24, 2.45) is 23.2 Å². The quantitative estimate of drug-likeness (QED) is 0.732. The molecule has 2 aliphatic carbocycles. The lowest BCUT2D eigenvalue weighted by atomic mass is 9.74. The molecule has 0 aromatic rings. The Morgan fingerprint density at radius 2 is 2.25 bits per heavy atom. The largest absolute Gasteiger partial charge is 0.458 e. The topological polar surface area (TPSA) is 76.4 Å². The van der Waals surface area contributed by atoms with Gasteiger partial charge in [0.2, 0.25) is 0 Å². The summed E-state index contributed by atoms with van der Waals surface area (Å²) in [6.45, 7) is 3.93. The molecule has 2 saturated carbocycles. The van der Waals surface area contributed by atoms with E-state index < -0.39 is 17.5 Å². The smallest absolute Gasteiger partial charge is 0.327 e. The molecule has 20 heavy (non-hydrogen) atoms. The first kappa shape index (κ1) is 13.4. The minimum absolute atomic E-state index is 0.0908. The third kappa shape index (κ3) is 1.54. The monoisotopic (exact) mass is 277 g/mol. The Bertz CT molecular complexity index is 493. The maximum absolute atomic E-state index is 12.1. The van der Waals surface area contributed by atoms with Crippen LogP contribution in [0.25, 0.3) is 0 Å². The Labute approximate surface area is 118 Å². The Morgan fingerprint density at radius 3 is 2.85 bits per heavy atom. The minimum Gasteiger partial charge on any atom is -0.458 e. The van der Waals surface area contributed by atoms with Crippen molar-refractivity contribution in [3.05, 3.63) is 0 Å². The van der Waals surface area contributed by atoms with E-state index in [1.54, 1.807) is 0 Å². The zero-order valence-corrected chi connectivity index (χ0v) is 11.8. The number of fused-ring (bicyclic) bond motifs is 1. The molecular weight excluding hydrogens is 258 g/mol. The second kappa shape index (κ2) is 4.47. The van der Waals surface area contributed by atoms with Gasteiger partial charge >= 0.3 is 11.9 Å². The average molecular weight is 277 g/mol. The zero-order valence-electron chi connectivity index (χ0n) is 11.8. The van der Waals surface area contributed by atoms with Crippen LogP contribution in [0.2, 0.25) is 0 Å². The number of hydrogen-bond acceptors (Lipinski definition) is 5. The van der Waals surface area contributed by atoms with E-state index in [0.29, 0.717) is 6.42 Å². The fourth-order valence-corrected chi connectivity index (χ4v) is 4.14. The summed E-state index contributed by atoms with van der Waals surface area (Å²) < 4.78 is 11.0. The highest BCUT2D eigenvalue weighted by Gasteiger charge is 2.72. The predicted octanol–water partition coefficient (Wildman–Crippen LogP) is 1.81. The molecule has 0 radical (unpaired) electrons. The van der Waals surface area contributed by atoms with Gasteiger partial charge in [-0.3, -0.25) is 9.59 Å². The van der Waals surface area contributed by atoms with Crippen LogP contribution in [0.5, 0.6) is 0 Å². The van der Waals surface area contributed by atoms with Gasteiger partial charge in [-0.05, 0) is 25.7 Å². The molecule has 0 amide bonds. The zero-order chi connectivity index (χ0) is 14.5. The molecule has 5 nitrogen and oxygen atoms in total. The predicted molar refractivity (Wildman–Crippen MR) is 68.1 cm³/mol. The number of carbonyl (C=O) groups excluding carboxylic acids is 2. The lowest BCUT2D eigenvalue weighted by Crippen LogP contribution is -2.40. The van der Waals surface area contributed by atoms with E-state index in [2.05, 4.69) is 6.07 Å². The lowest BCUT2D eigenvalue weighted by Gasteiger charge is -2.28. The molecule has 5 unspecified atom stereocenters. The standard InChI is InChI=1S/C15H19NO4/c1-3-8(4-2)13(17)19-11-9-5-10-12(11)20-14(18)15(10,6-9)7-16/h8-12H,3-6H2,1-2H3. The summed E-state index contributed by atoms with van der Waals surface area (Å²) in [5.41, 5.74) is -0.965. The summed E-state index contributed by atoms with van der Waals surface area (Å²) in [6, 6.07) is 2.15. The fraction of sp³-hybridized carbons (Fsp3) is 0.800. The van der Waals surface area contributed by atoms with Crippen molar-refractivity contribution in [3.8, 4) is 6.07 Å². The van der Waals surface area contributed by atoms with Crippen molar-refractivity contribution in [3.63, 3.8) is 0 Å². The Balaban J connectivity index is 1.76. The first-order chi connectivity index (χ1) is 9.57. The molecule has 108 valence electrons. The molecule has 3 rings (SSSR count). The van der Waals surface area contributed by atoms with Crippen molar-refractivity contribution in [2.75, 3.05) is 0 Å². The van der Waals surface area contributed by atoms with Crippen LogP contribution < -0.4 is 0 Å². The van der Waals surface area contributed by atoms with Crippen LogP contribution in [-0.4, -0.2) is 24.1 Å². The first-order valence-corrected chi connectivity index (χ1v) is 7.40. The van der Waals surface area contributed by atoms with Crippen molar-refractivity contribution in [1.82, 2.24) is 0 Å². The van der Waals surface area contributed by atoms with Crippen molar-refractivity contribution in [2.45, 2.75) is 51.7 Å². The molecule has 1 heterocycles. The van der Waals surface area contributed by atoms with Gasteiger partial charge < -0.3 is 9.47 Å². The SMILES string of the molecule is CCC(CC)C(=O)OC1C2CC3C1OC(=O)C3(C#N)C2. The molecule has 3 aliphatic rings. The normalized spacial score (nSPS) is 40.8. The summed E-state index contributed by atoms with van der Waals surface area (Å²) in [4.78, 5) is 24.1. The van der Waals surface area contributed by atoms with Crippen molar-refractivity contribution < 1.29 is 19.1 Å². The summed E-state index contributed by atoms with van der Waals surface area (Å²) in [7, 11) is 0. The molecule has 1 saturated heterocycles. The molecule has 5 heteroatoms. The Kier molecular flexibility index (Phi) is 3.00. The number of esters is 2. The van der Waals surface area contributed by atoms with Crippen LogP contribution in [0.1, 0.15) is 39.5 Å². The first-order valence-electron chi connectivity index (χ1n) is 7.40. The van der Waals surface area contributed by atoms with Gasteiger partial charge in [0, 0.05) is 11.8 Å². The second-order valence-electron chi connectivity index (χ2n) is 6.17. The van der Waals surface area contributed by atoms with Gasteiger partial charge in [-0.2, -0.15) is 5.26 Å². The van der Waals surface area contributed by atoms with Crippen molar-refractivity contribution in [1.29, 1.82) is 5.26 Å². The van der Waals surface area contributed by atoms with Gasteiger partial charge in [0.25, 0.3) is 0 Å². The average Bonchev–Trinajstić information content (AvgIpc) is 3.02. The summed E-state index contributed by atoms with van der Waals surface area (Å²) in [6.07, 6.45) is 1.99. The molecule has 0 aromatic heterocycles. The molecule has 5 atom stereocenters. The molecule has 0 aromatic carbocycles. The Morgan fingerprint density at radius 1 is 1.55 bits per heavy atom. The van der Waals surface area contributed by atoms with Crippen LogP contribution in [0.15, 0.2) is 0 Å². The van der Waals surface area contributed by atoms with Crippen LogP contribution in [0.4, 0.5) is 0 Å². The van der Waals surface area contributed by atoms with Gasteiger partial charge in [-0.1, -0.05) is 13.8 Å². The third-order valence-corrected chi connectivity index (χ3v) is 5.34. The van der Waals surface area contributed by atoms with E-state index >= 15 is 0 Å². The second-order valence-corrected chi connectivity index (χ2v) is 6.17. The highest BCUT2D eigenvalue weighted by molar-refractivity contribution is 5.84. The maximum atomic E-state index is 12.1. The van der Waals surface area contributed by atoms with Gasteiger partial charge in [0.05, 0.1) is 12.0 Å². The number of carbonyl (C=O) groups is 2. The number of rotatable bonds is 4. The van der Waals surface area contributed by atoms with Gasteiger partial charge in [0.1, 0.15) is 12.2 Å². The minimum atomic E-state index is -0.965. The van der Waals surface area contributed by atoms with Crippen molar-refractivity contribution >= 4 is 11.9 Å². The van der Waals surface area contributed by atoms with E-state index in [1.807, 2.05) is 13.8 Å². The van der Waals surface area contributed by atoms with E-state index in [1.165, 1.54) is 0 Å². The van der Waals surface area contributed by atoms with Crippen LogP contribution in [0.3, 0.4) is 0 Å². The third-order valence-electron chi connectivity index (χ3n) is 5.34. The highest BCUT2D eigenvalue weighted by atomic mass is 16.6. The lowest BCUT2D eigenvalue weighted by molar-refractivity contribution is -0.165. The fourth-order valence-electron chi connectivity index (χ4n) is 4.14. The molecular formula is C15H19NO4. The molecule has 3 fully saturated rings. The van der Waals surface area contributed by atoms with Gasteiger partial charge in [0.15, 0.2) is 5.41 Å². The number of nitrogens with zero attached hydrogens (tertiary/aromatic N) is 1.